The van der Waals surface area contributed by atoms with Gasteiger partial charge >= 0.3 is 0 Å². The Labute approximate surface area is 179 Å². The van der Waals surface area contributed by atoms with Crippen LogP contribution in [-0.2, 0) is 0 Å². The van der Waals surface area contributed by atoms with Crippen molar-refractivity contribution in [1.29, 1.82) is 0 Å². The molecule has 1 N–H and O–H groups in total. The van der Waals surface area contributed by atoms with Gasteiger partial charge in [0.05, 0.1) is 9.39 Å². The lowest BCUT2D eigenvalue weighted by Crippen LogP contribution is -2.05. The van der Waals surface area contributed by atoms with Crippen LogP contribution >= 0.6 is 22.6 Å². The zero-order chi connectivity index (χ0) is 20.4. The van der Waals surface area contributed by atoms with Crippen LogP contribution < -0.4 is 0 Å². The molecule has 0 fully saturated rings. The summed E-state index contributed by atoms with van der Waals surface area (Å²) >= 11 is 2.14. The number of Topliss-reactive ketones (excluding diaryl/α,β-unsaturated/α-hetero) is 1. The molecule has 0 saturated heterocycles. The Kier molecular flexibility index (Phi) is 11.5. The van der Waals surface area contributed by atoms with Gasteiger partial charge in [0, 0.05) is 12.0 Å². The maximum atomic E-state index is 12.5. The summed E-state index contributed by atoms with van der Waals surface area (Å²) in [5.74, 6) is 2.41. The minimum absolute atomic E-state index is 0.0970. The van der Waals surface area contributed by atoms with E-state index in [4.69, 9.17) is 0 Å². The molecule has 2 atom stereocenters. The fraction of sp³-hybridized carbons (Fsp3) is 0.739. The molecule has 0 amide bonds. The first-order chi connectivity index (χ1) is 12.8. The van der Waals surface area contributed by atoms with Crippen LogP contribution in [0.3, 0.4) is 0 Å². The second kappa shape index (κ2) is 12.7. The molecule has 0 aliphatic rings. The highest BCUT2D eigenvalue weighted by atomic mass is 127. The molecule has 1 aromatic heterocycles. The van der Waals surface area contributed by atoms with Gasteiger partial charge < -0.3 is 4.98 Å². The number of ketones is 1. The molecule has 0 spiro atoms. The van der Waals surface area contributed by atoms with Crippen LogP contribution in [0.25, 0.3) is 0 Å². The largest absolute Gasteiger partial charge is 0.347 e. The lowest BCUT2D eigenvalue weighted by atomic mass is 9.91. The maximum absolute atomic E-state index is 12.5. The number of H-pyrrole nitrogens is 1. The highest BCUT2D eigenvalue weighted by Crippen LogP contribution is 2.24. The minimum Gasteiger partial charge on any atom is -0.347 e. The van der Waals surface area contributed by atoms with E-state index in [0.717, 1.165) is 40.2 Å². The fourth-order valence-electron chi connectivity index (χ4n) is 3.75. The number of aldehydes is 1. The maximum Gasteiger partial charge on any atom is 0.167 e. The van der Waals surface area contributed by atoms with E-state index in [1.807, 2.05) is 6.92 Å². The second-order valence-electron chi connectivity index (χ2n) is 8.75. The summed E-state index contributed by atoms with van der Waals surface area (Å²) < 4.78 is 0.883. The van der Waals surface area contributed by atoms with Crippen molar-refractivity contribution in [3.05, 3.63) is 20.5 Å². The average Bonchev–Trinajstić information content (AvgIpc) is 2.89. The zero-order valence-corrected chi connectivity index (χ0v) is 20.0. The van der Waals surface area contributed by atoms with Crippen molar-refractivity contribution in [2.45, 2.75) is 92.4 Å². The summed E-state index contributed by atoms with van der Waals surface area (Å²) in [5, 5.41) is 0. The standard InChI is InChI=1S/C23H38INO2/c1-16(2)9-6-10-17(3)11-7-12-18(4)13-8-14-21(27)22-19(5)23(24)25-20(22)15-26/h15-18,25H,6-14H2,1-5H3. The van der Waals surface area contributed by atoms with Gasteiger partial charge in [-0.1, -0.05) is 72.6 Å². The topological polar surface area (TPSA) is 49.9 Å². The van der Waals surface area contributed by atoms with Gasteiger partial charge in [0.15, 0.2) is 12.1 Å². The molecule has 2 unspecified atom stereocenters. The zero-order valence-electron chi connectivity index (χ0n) is 17.9. The molecule has 0 aliphatic carbocycles. The average molecular weight is 487 g/mol. The number of carbonyl (C=O) groups excluding carboxylic acids is 2. The molecule has 3 nitrogen and oxygen atoms in total. The first kappa shape index (κ1) is 24.4. The van der Waals surface area contributed by atoms with Crippen LogP contribution in [0.15, 0.2) is 0 Å². The molecule has 1 rings (SSSR count). The molecule has 0 bridgehead atoms. The van der Waals surface area contributed by atoms with Gasteiger partial charge in [-0.2, -0.15) is 0 Å². The molecule has 0 radical (unpaired) electrons. The number of nitrogens with one attached hydrogen (secondary N) is 1. The Balaban J connectivity index is 2.24. The van der Waals surface area contributed by atoms with E-state index in [1.54, 1.807) is 0 Å². The van der Waals surface area contributed by atoms with Gasteiger partial charge in [0.25, 0.3) is 0 Å². The van der Waals surface area contributed by atoms with Crippen LogP contribution in [0.5, 0.6) is 0 Å². The van der Waals surface area contributed by atoms with Gasteiger partial charge in [-0.05, 0) is 59.3 Å². The van der Waals surface area contributed by atoms with E-state index in [9.17, 15) is 9.59 Å². The molecular weight excluding hydrogens is 449 g/mol. The van der Waals surface area contributed by atoms with Crippen molar-refractivity contribution in [2.24, 2.45) is 17.8 Å². The highest BCUT2D eigenvalue weighted by Gasteiger charge is 2.19. The smallest absolute Gasteiger partial charge is 0.167 e. The lowest BCUT2D eigenvalue weighted by molar-refractivity contribution is 0.0971. The molecule has 27 heavy (non-hydrogen) atoms. The first-order valence-corrected chi connectivity index (χ1v) is 11.7. The number of carbonyl (C=O) groups is 2. The summed E-state index contributed by atoms with van der Waals surface area (Å²) in [6.07, 6.45) is 11.2. The number of hydrogen-bond acceptors (Lipinski definition) is 2. The monoisotopic (exact) mass is 487 g/mol. The SMILES string of the molecule is Cc1c(I)[nH]c(C=O)c1C(=O)CCCC(C)CCCC(C)CCCC(C)C. The van der Waals surface area contributed by atoms with E-state index in [0.29, 0.717) is 23.6 Å². The number of rotatable bonds is 14. The summed E-state index contributed by atoms with van der Waals surface area (Å²) in [4.78, 5) is 26.7. The van der Waals surface area contributed by atoms with Crippen molar-refractivity contribution in [3.63, 3.8) is 0 Å². The van der Waals surface area contributed by atoms with E-state index in [1.165, 1.54) is 38.5 Å². The van der Waals surface area contributed by atoms with E-state index < -0.39 is 0 Å². The van der Waals surface area contributed by atoms with Crippen molar-refractivity contribution in [3.8, 4) is 0 Å². The second-order valence-corrected chi connectivity index (χ2v) is 9.83. The van der Waals surface area contributed by atoms with E-state index >= 15 is 0 Å². The van der Waals surface area contributed by atoms with Gasteiger partial charge in [0.1, 0.15) is 0 Å². The van der Waals surface area contributed by atoms with Crippen molar-refractivity contribution in [2.75, 3.05) is 0 Å². The number of aromatic amines is 1. The summed E-state index contributed by atoms with van der Waals surface area (Å²) in [7, 11) is 0. The molecular formula is C23H38INO2. The predicted molar refractivity (Wildman–Crippen MR) is 123 cm³/mol. The summed E-state index contributed by atoms with van der Waals surface area (Å²) in [6.45, 7) is 11.2. The van der Waals surface area contributed by atoms with Gasteiger partial charge in [-0.3, -0.25) is 9.59 Å². The van der Waals surface area contributed by atoms with Gasteiger partial charge in [0.2, 0.25) is 0 Å². The Bertz CT molecular complexity index is 591. The number of aromatic nitrogens is 1. The predicted octanol–water partition coefficient (Wildman–Crippen LogP) is 7.36. The number of halogens is 1. The Morgan fingerprint density at radius 3 is 2.00 bits per heavy atom. The summed E-state index contributed by atoms with van der Waals surface area (Å²) in [5.41, 5.74) is 1.93. The quantitative estimate of drug-likeness (QED) is 0.169. The van der Waals surface area contributed by atoms with Gasteiger partial charge in [-0.15, -0.1) is 0 Å². The molecule has 1 aromatic rings. The molecule has 0 aliphatic heterocycles. The lowest BCUT2D eigenvalue weighted by Gasteiger charge is -2.15. The van der Waals surface area contributed by atoms with Crippen LogP contribution in [0.4, 0.5) is 0 Å². The normalized spacial score (nSPS) is 13.7. The fourth-order valence-corrected chi connectivity index (χ4v) is 4.31. The van der Waals surface area contributed by atoms with Crippen molar-refractivity contribution < 1.29 is 9.59 Å². The molecule has 0 aromatic carbocycles. The van der Waals surface area contributed by atoms with Crippen LogP contribution in [0.1, 0.15) is 112 Å². The van der Waals surface area contributed by atoms with Crippen LogP contribution in [-0.4, -0.2) is 17.1 Å². The number of hydrogen-bond donors (Lipinski definition) is 1. The Morgan fingerprint density at radius 2 is 1.48 bits per heavy atom. The van der Waals surface area contributed by atoms with Crippen LogP contribution in [0, 0.1) is 28.4 Å². The minimum atomic E-state index is 0.0970. The van der Waals surface area contributed by atoms with Crippen molar-refractivity contribution in [1.82, 2.24) is 4.98 Å². The third-order valence-electron chi connectivity index (χ3n) is 5.59. The van der Waals surface area contributed by atoms with E-state index in [-0.39, 0.29) is 5.78 Å². The summed E-state index contributed by atoms with van der Waals surface area (Å²) in [6, 6.07) is 0. The third kappa shape index (κ3) is 8.93. The molecule has 154 valence electrons. The third-order valence-corrected chi connectivity index (χ3v) is 6.67. The molecule has 4 heteroatoms. The Hall–Kier alpha value is -0.650. The molecule has 0 saturated carbocycles. The molecule has 1 heterocycles. The first-order valence-electron chi connectivity index (χ1n) is 10.6. The van der Waals surface area contributed by atoms with Crippen molar-refractivity contribution >= 4 is 34.7 Å². The Morgan fingerprint density at radius 1 is 0.963 bits per heavy atom. The highest BCUT2D eigenvalue weighted by molar-refractivity contribution is 14.1. The van der Waals surface area contributed by atoms with Crippen LogP contribution in [0.2, 0.25) is 0 Å². The van der Waals surface area contributed by atoms with Gasteiger partial charge in [-0.25, -0.2) is 0 Å². The van der Waals surface area contributed by atoms with E-state index in [2.05, 4.69) is 55.3 Å².